The summed E-state index contributed by atoms with van der Waals surface area (Å²) in [5, 5.41) is 3.24. The summed E-state index contributed by atoms with van der Waals surface area (Å²) in [6, 6.07) is 7.96. The van der Waals surface area contributed by atoms with Gasteiger partial charge in [-0.15, -0.1) is 0 Å². The number of nitrogens with zero attached hydrogens (tertiary/aromatic N) is 1. The lowest BCUT2D eigenvalue weighted by Gasteiger charge is -2.27. The molecule has 1 fully saturated rings. The predicted molar refractivity (Wildman–Crippen MR) is 106 cm³/mol. The van der Waals surface area contributed by atoms with E-state index >= 15 is 0 Å². The summed E-state index contributed by atoms with van der Waals surface area (Å²) in [4.78, 5) is 16.9. The molecule has 1 amide bonds. The number of amides is 1. The fourth-order valence-electron chi connectivity index (χ4n) is 3.52. The van der Waals surface area contributed by atoms with Crippen LogP contribution in [-0.4, -0.2) is 32.4 Å². The highest BCUT2D eigenvalue weighted by atomic mass is 35.5. The van der Waals surface area contributed by atoms with Gasteiger partial charge in [0.25, 0.3) is 15.9 Å². The summed E-state index contributed by atoms with van der Waals surface area (Å²) in [5.41, 5.74) is 1.46. The van der Waals surface area contributed by atoms with Crippen LogP contribution >= 0.6 is 11.6 Å². The second-order valence-corrected chi connectivity index (χ2v) is 9.27. The Morgan fingerprint density at radius 3 is 2.62 bits per heavy atom. The summed E-state index contributed by atoms with van der Waals surface area (Å²) >= 11 is 6.00. The molecular weight excluding hydrogens is 418 g/mol. The Balaban J connectivity index is 1.36. The van der Waals surface area contributed by atoms with Crippen LogP contribution in [0.5, 0.6) is 0 Å². The molecule has 0 unspecified atom stereocenters. The molecule has 1 saturated carbocycles. The fourth-order valence-corrected chi connectivity index (χ4v) is 4.34. The molecule has 3 aromatic rings. The maximum Gasteiger partial charge on any atom is 0.287 e. The van der Waals surface area contributed by atoms with Crippen LogP contribution in [0.25, 0.3) is 11.1 Å². The quantitative estimate of drug-likeness (QED) is 0.631. The van der Waals surface area contributed by atoms with Gasteiger partial charge in [0.1, 0.15) is 5.52 Å². The molecule has 0 aliphatic heterocycles. The average Bonchev–Trinajstić information content (AvgIpc) is 3.36. The lowest BCUT2D eigenvalue weighted by atomic mass is 9.86. The van der Waals surface area contributed by atoms with Crippen molar-refractivity contribution in [3.05, 3.63) is 47.0 Å². The molecule has 1 aliphatic rings. The zero-order chi connectivity index (χ0) is 20.6. The average molecular weight is 438 g/mol. The molecule has 0 bridgehead atoms. The van der Waals surface area contributed by atoms with E-state index in [9.17, 15) is 13.2 Å². The number of carbonyl (C=O) groups excluding carboxylic acids is 1. The second-order valence-electron chi connectivity index (χ2n) is 7.01. The van der Waals surface area contributed by atoms with Gasteiger partial charge in [-0.25, -0.2) is 18.1 Å². The number of carbonyl (C=O) groups is 1. The van der Waals surface area contributed by atoms with Gasteiger partial charge in [0.05, 0.1) is 0 Å². The van der Waals surface area contributed by atoms with Crippen molar-refractivity contribution in [1.82, 2.24) is 15.0 Å². The van der Waals surface area contributed by atoms with E-state index in [4.69, 9.17) is 20.4 Å². The topological polar surface area (TPSA) is 114 Å². The van der Waals surface area contributed by atoms with Crippen molar-refractivity contribution in [3.63, 3.8) is 0 Å². The molecule has 2 aromatic heterocycles. The highest BCUT2D eigenvalue weighted by molar-refractivity contribution is 7.89. The van der Waals surface area contributed by atoms with Crippen molar-refractivity contribution < 1.29 is 22.0 Å². The van der Waals surface area contributed by atoms with E-state index in [0.29, 0.717) is 16.5 Å². The minimum Gasteiger partial charge on any atom is -0.440 e. The molecule has 2 N–H and O–H groups in total. The normalized spacial score (nSPS) is 20.1. The standard InChI is InChI=1S/C19H20ClN3O5S/c1-21-29(25,26)17-9-8-16(27-17)18(24)22-13-5-2-11(3-6-13)19-23-14-10-12(20)4-7-15(14)28-19/h4,7-11,13,21H,2-3,5-6H2,1H3,(H,22,24). The van der Waals surface area contributed by atoms with Crippen LogP contribution in [0.1, 0.15) is 48.0 Å². The molecule has 4 rings (SSSR count). The van der Waals surface area contributed by atoms with E-state index in [0.717, 1.165) is 31.2 Å². The third-order valence-corrected chi connectivity index (χ3v) is 6.64. The van der Waals surface area contributed by atoms with Crippen molar-refractivity contribution in [2.24, 2.45) is 0 Å². The lowest BCUT2D eigenvalue weighted by Crippen LogP contribution is -2.37. The van der Waals surface area contributed by atoms with Gasteiger partial charge >= 0.3 is 0 Å². The van der Waals surface area contributed by atoms with E-state index in [1.54, 1.807) is 12.1 Å². The number of aromatic nitrogens is 1. The van der Waals surface area contributed by atoms with Crippen LogP contribution in [0.15, 0.2) is 44.3 Å². The van der Waals surface area contributed by atoms with Crippen LogP contribution in [-0.2, 0) is 10.0 Å². The van der Waals surface area contributed by atoms with Crippen LogP contribution in [0, 0.1) is 0 Å². The number of oxazole rings is 1. The van der Waals surface area contributed by atoms with Crippen LogP contribution < -0.4 is 10.0 Å². The van der Waals surface area contributed by atoms with Crippen molar-refractivity contribution in [3.8, 4) is 0 Å². The Labute approximate surface area is 172 Å². The molecule has 29 heavy (non-hydrogen) atoms. The number of nitrogens with one attached hydrogen (secondary N) is 2. The van der Waals surface area contributed by atoms with Crippen LogP contribution in [0.2, 0.25) is 5.02 Å². The zero-order valence-electron chi connectivity index (χ0n) is 15.6. The number of benzene rings is 1. The molecular formula is C19H20ClN3O5S. The maximum atomic E-state index is 12.4. The van der Waals surface area contributed by atoms with Gasteiger partial charge in [0.15, 0.2) is 17.2 Å². The SMILES string of the molecule is CNS(=O)(=O)c1ccc(C(=O)NC2CCC(c3nc4cc(Cl)ccc4o3)CC2)o1. The Bertz CT molecular complexity index is 1150. The molecule has 0 spiro atoms. The fraction of sp³-hybridized carbons (Fsp3) is 0.368. The number of rotatable bonds is 5. The van der Waals surface area contributed by atoms with Crippen molar-refractivity contribution in [2.45, 2.75) is 42.7 Å². The van der Waals surface area contributed by atoms with E-state index < -0.39 is 15.9 Å². The number of halogens is 1. The maximum absolute atomic E-state index is 12.4. The minimum absolute atomic E-state index is 0.0213. The van der Waals surface area contributed by atoms with Gasteiger partial charge in [-0.1, -0.05) is 11.6 Å². The molecule has 10 heteroatoms. The zero-order valence-corrected chi connectivity index (χ0v) is 17.2. The summed E-state index contributed by atoms with van der Waals surface area (Å²) in [7, 11) is -2.44. The summed E-state index contributed by atoms with van der Waals surface area (Å²) < 4.78 is 36.6. The first kappa shape index (κ1) is 19.9. The Morgan fingerprint density at radius 2 is 1.90 bits per heavy atom. The largest absolute Gasteiger partial charge is 0.440 e. The van der Waals surface area contributed by atoms with Gasteiger partial charge in [-0.2, -0.15) is 0 Å². The van der Waals surface area contributed by atoms with Gasteiger partial charge in [0.2, 0.25) is 5.09 Å². The third kappa shape index (κ3) is 4.17. The van der Waals surface area contributed by atoms with E-state index in [1.807, 2.05) is 6.07 Å². The minimum atomic E-state index is -3.72. The lowest BCUT2D eigenvalue weighted by molar-refractivity contribution is 0.0891. The molecule has 0 saturated heterocycles. The van der Waals surface area contributed by atoms with E-state index in [-0.39, 0.29) is 22.8 Å². The number of hydrogen-bond acceptors (Lipinski definition) is 6. The highest BCUT2D eigenvalue weighted by Gasteiger charge is 2.28. The van der Waals surface area contributed by atoms with Crippen molar-refractivity contribution in [2.75, 3.05) is 7.05 Å². The number of fused-ring (bicyclic) bond motifs is 1. The molecule has 8 nitrogen and oxygen atoms in total. The molecule has 0 radical (unpaired) electrons. The van der Waals surface area contributed by atoms with Crippen molar-refractivity contribution >= 4 is 38.6 Å². The first-order valence-corrected chi connectivity index (χ1v) is 11.1. The smallest absolute Gasteiger partial charge is 0.287 e. The van der Waals surface area contributed by atoms with Gasteiger partial charge in [-0.3, -0.25) is 4.79 Å². The van der Waals surface area contributed by atoms with Crippen LogP contribution in [0.4, 0.5) is 0 Å². The number of furan rings is 1. The Kier molecular flexibility index (Phi) is 5.37. The van der Waals surface area contributed by atoms with Gasteiger partial charge < -0.3 is 14.2 Å². The monoisotopic (exact) mass is 437 g/mol. The van der Waals surface area contributed by atoms with E-state index in [1.165, 1.54) is 19.2 Å². The summed E-state index contributed by atoms with van der Waals surface area (Å²) in [5.74, 6) is 0.421. The Hall–Kier alpha value is -2.36. The number of hydrogen-bond donors (Lipinski definition) is 2. The van der Waals surface area contributed by atoms with E-state index in [2.05, 4.69) is 15.0 Å². The van der Waals surface area contributed by atoms with Crippen LogP contribution in [0.3, 0.4) is 0 Å². The molecule has 0 atom stereocenters. The highest BCUT2D eigenvalue weighted by Crippen LogP contribution is 2.34. The third-order valence-electron chi connectivity index (χ3n) is 5.12. The summed E-state index contributed by atoms with van der Waals surface area (Å²) in [6.07, 6.45) is 3.17. The summed E-state index contributed by atoms with van der Waals surface area (Å²) in [6.45, 7) is 0. The van der Waals surface area contributed by atoms with Crippen molar-refractivity contribution in [1.29, 1.82) is 0 Å². The first-order chi connectivity index (χ1) is 13.9. The van der Waals surface area contributed by atoms with Gasteiger partial charge in [-0.05, 0) is 63.1 Å². The molecule has 1 aliphatic carbocycles. The number of sulfonamides is 1. The van der Waals surface area contributed by atoms with Gasteiger partial charge in [0, 0.05) is 17.0 Å². The second kappa shape index (κ2) is 7.81. The molecule has 2 heterocycles. The predicted octanol–water partition coefficient (Wildman–Crippen LogP) is 3.44. The molecule has 154 valence electrons. The first-order valence-electron chi connectivity index (χ1n) is 9.26. The molecule has 1 aromatic carbocycles. The Morgan fingerprint density at radius 1 is 1.14 bits per heavy atom.